The average Bonchev–Trinajstić information content (AvgIpc) is 2.03. The third kappa shape index (κ3) is 10.6. The van der Waals surface area contributed by atoms with Crippen LogP contribution in [0.3, 0.4) is 0 Å². The number of hydrogen-bond donors (Lipinski definition) is 2. The van der Waals surface area contributed by atoms with Crippen molar-refractivity contribution < 1.29 is 29.4 Å². The lowest BCUT2D eigenvalue weighted by molar-refractivity contribution is -0.148. The molecule has 0 aliphatic rings. The van der Waals surface area contributed by atoms with Gasteiger partial charge in [-0.25, -0.2) is 9.59 Å². The molecule has 0 amide bonds. The highest BCUT2D eigenvalue weighted by Crippen LogP contribution is 1.76. The van der Waals surface area contributed by atoms with Gasteiger partial charge in [0.1, 0.15) is 0 Å². The SMILES string of the molecule is CC(=O)C(=O)O.O=C(O)C(=O)CCl. The number of hydrogen-bond acceptors (Lipinski definition) is 4. The Morgan fingerprint density at radius 1 is 1.08 bits per heavy atom. The van der Waals surface area contributed by atoms with Crippen molar-refractivity contribution >= 4 is 35.1 Å². The van der Waals surface area contributed by atoms with E-state index in [1.807, 2.05) is 0 Å². The van der Waals surface area contributed by atoms with E-state index in [-0.39, 0.29) is 0 Å². The standard InChI is InChI=1S/C3H3ClO3.C3H4O3/c4-1-2(5)3(6)7;1-2(4)3(5)6/h1H2,(H,6,7);1H3,(H,5,6). The van der Waals surface area contributed by atoms with Crippen molar-refractivity contribution in [3.05, 3.63) is 0 Å². The van der Waals surface area contributed by atoms with E-state index in [1.54, 1.807) is 0 Å². The highest BCUT2D eigenvalue weighted by Gasteiger charge is 2.06. The van der Waals surface area contributed by atoms with Gasteiger partial charge in [0, 0.05) is 6.92 Å². The van der Waals surface area contributed by atoms with E-state index in [1.165, 1.54) is 0 Å². The maximum atomic E-state index is 9.78. The maximum absolute atomic E-state index is 9.78. The molecule has 0 aromatic heterocycles. The third-order valence-electron chi connectivity index (χ3n) is 0.661. The van der Waals surface area contributed by atoms with Crippen molar-refractivity contribution in [2.24, 2.45) is 0 Å². The lowest BCUT2D eigenvalue weighted by Gasteiger charge is -1.79. The van der Waals surface area contributed by atoms with Gasteiger partial charge in [0.15, 0.2) is 0 Å². The predicted octanol–water partition coefficient (Wildman–Crippen LogP) is -0.461. The zero-order valence-corrected chi connectivity index (χ0v) is 7.37. The minimum Gasteiger partial charge on any atom is -0.476 e. The Hall–Kier alpha value is -1.43. The smallest absolute Gasteiger partial charge is 0.373 e. The van der Waals surface area contributed by atoms with Crippen molar-refractivity contribution in [2.75, 3.05) is 5.88 Å². The molecule has 7 heteroatoms. The first-order chi connectivity index (χ1) is 5.82. The van der Waals surface area contributed by atoms with Gasteiger partial charge in [-0.2, -0.15) is 0 Å². The first-order valence-corrected chi connectivity index (χ1v) is 3.42. The minimum absolute atomic E-state index is 0.449. The molecule has 0 unspecified atom stereocenters. The summed E-state index contributed by atoms with van der Waals surface area (Å²) in [5.41, 5.74) is 0. The van der Waals surface area contributed by atoms with E-state index in [9.17, 15) is 19.2 Å². The number of Topliss-reactive ketones (excluding diaryl/α,β-unsaturated/α-hetero) is 2. The number of aliphatic carboxylic acids is 2. The van der Waals surface area contributed by atoms with E-state index < -0.39 is 29.4 Å². The van der Waals surface area contributed by atoms with Crippen LogP contribution in [-0.2, 0) is 19.2 Å². The Labute approximate surface area is 78.1 Å². The van der Waals surface area contributed by atoms with Crippen LogP contribution in [0.5, 0.6) is 0 Å². The summed E-state index contributed by atoms with van der Waals surface area (Å²) in [6.45, 7) is 1.00. The Morgan fingerprint density at radius 2 is 1.38 bits per heavy atom. The summed E-state index contributed by atoms with van der Waals surface area (Å²) in [4.78, 5) is 38.2. The van der Waals surface area contributed by atoms with Crippen molar-refractivity contribution in [1.82, 2.24) is 0 Å². The molecule has 0 rings (SSSR count). The summed E-state index contributed by atoms with van der Waals surface area (Å²) in [6, 6.07) is 0. The molecule has 0 fully saturated rings. The van der Waals surface area contributed by atoms with Crippen molar-refractivity contribution in [1.29, 1.82) is 0 Å². The maximum Gasteiger partial charge on any atom is 0.373 e. The fourth-order valence-corrected chi connectivity index (χ4v) is 0.171. The molecule has 0 bridgehead atoms. The summed E-state index contributed by atoms with van der Waals surface area (Å²) in [7, 11) is 0. The van der Waals surface area contributed by atoms with Crippen molar-refractivity contribution in [2.45, 2.75) is 6.92 Å². The second-order valence-corrected chi connectivity index (χ2v) is 1.99. The summed E-state index contributed by atoms with van der Waals surface area (Å²) in [5.74, 6) is -5.10. The van der Waals surface area contributed by atoms with Gasteiger partial charge in [-0.3, -0.25) is 9.59 Å². The summed E-state index contributed by atoms with van der Waals surface area (Å²) in [5, 5.41) is 15.4. The molecule has 0 saturated heterocycles. The molecule has 13 heavy (non-hydrogen) atoms. The minimum atomic E-state index is -1.48. The zero-order valence-electron chi connectivity index (χ0n) is 6.61. The number of halogens is 1. The molecule has 0 saturated carbocycles. The van der Waals surface area contributed by atoms with Crippen LogP contribution >= 0.6 is 11.6 Å². The fraction of sp³-hybridized carbons (Fsp3) is 0.333. The monoisotopic (exact) mass is 210 g/mol. The van der Waals surface area contributed by atoms with Gasteiger partial charge in [0.25, 0.3) is 5.78 Å². The van der Waals surface area contributed by atoms with Crippen molar-refractivity contribution in [3.63, 3.8) is 0 Å². The number of carbonyl (C=O) groups is 4. The molecule has 0 aromatic carbocycles. The largest absolute Gasteiger partial charge is 0.476 e. The van der Waals surface area contributed by atoms with Gasteiger partial charge in [-0.1, -0.05) is 0 Å². The lowest BCUT2D eigenvalue weighted by Crippen LogP contribution is -2.12. The second kappa shape index (κ2) is 7.23. The Balaban J connectivity index is 0. The Bertz CT molecular complexity index is 221. The van der Waals surface area contributed by atoms with E-state index in [0.717, 1.165) is 6.92 Å². The predicted molar refractivity (Wildman–Crippen MR) is 41.7 cm³/mol. The molecular weight excluding hydrogens is 204 g/mol. The number of alkyl halides is 1. The molecule has 0 heterocycles. The van der Waals surface area contributed by atoms with Crippen LogP contribution in [0.4, 0.5) is 0 Å². The van der Waals surface area contributed by atoms with Crippen LogP contribution < -0.4 is 0 Å². The van der Waals surface area contributed by atoms with Gasteiger partial charge in [-0.15, -0.1) is 11.6 Å². The molecule has 0 aliphatic heterocycles. The van der Waals surface area contributed by atoms with Gasteiger partial charge in [0.2, 0.25) is 5.78 Å². The lowest BCUT2D eigenvalue weighted by atomic mass is 10.5. The molecule has 2 N–H and O–H groups in total. The second-order valence-electron chi connectivity index (χ2n) is 1.72. The van der Waals surface area contributed by atoms with E-state index in [2.05, 4.69) is 0 Å². The molecule has 0 atom stereocenters. The van der Waals surface area contributed by atoms with E-state index in [4.69, 9.17) is 21.8 Å². The number of ketones is 2. The van der Waals surface area contributed by atoms with Gasteiger partial charge in [-0.05, 0) is 0 Å². The summed E-state index contributed by atoms with van der Waals surface area (Å²) in [6.07, 6.45) is 0. The quantitative estimate of drug-likeness (QED) is 0.482. The van der Waals surface area contributed by atoms with Crippen LogP contribution in [0.1, 0.15) is 6.92 Å². The van der Waals surface area contributed by atoms with Crippen molar-refractivity contribution in [3.8, 4) is 0 Å². The van der Waals surface area contributed by atoms with Gasteiger partial charge >= 0.3 is 11.9 Å². The summed E-state index contributed by atoms with van der Waals surface area (Å²) >= 11 is 4.82. The molecule has 0 spiro atoms. The van der Waals surface area contributed by atoms with Crippen LogP contribution in [0, 0.1) is 0 Å². The third-order valence-corrected chi connectivity index (χ3v) is 0.904. The van der Waals surface area contributed by atoms with E-state index in [0.29, 0.717) is 0 Å². The van der Waals surface area contributed by atoms with Gasteiger partial charge < -0.3 is 10.2 Å². The van der Waals surface area contributed by atoms with Crippen LogP contribution in [0.2, 0.25) is 0 Å². The zero-order chi connectivity index (χ0) is 11.0. The molecule has 0 aromatic rings. The van der Waals surface area contributed by atoms with E-state index >= 15 is 0 Å². The Kier molecular flexibility index (Phi) is 7.85. The highest BCUT2D eigenvalue weighted by atomic mass is 35.5. The first-order valence-electron chi connectivity index (χ1n) is 2.88. The number of carboxylic acid groups (broad SMARTS) is 2. The van der Waals surface area contributed by atoms with Crippen LogP contribution in [0.25, 0.3) is 0 Å². The molecule has 74 valence electrons. The Morgan fingerprint density at radius 3 is 1.38 bits per heavy atom. The average molecular weight is 211 g/mol. The fourth-order valence-electron chi connectivity index (χ4n) is 0.0572. The number of carboxylic acids is 2. The molecule has 0 radical (unpaired) electrons. The molecule has 0 aliphatic carbocycles. The van der Waals surface area contributed by atoms with Crippen LogP contribution in [-0.4, -0.2) is 39.6 Å². The normalized spacial score (nSPS) is 7.85. The van der Waals surface area contributed by atoms with Crippen LogP contribution in [0.15, 0.2) is 0 Å². The number of rotatable bonds is 3. The highest BCUT2D eigenvalue weighted by molar-refractivity contribution is 6.44. The van der Waals surface area contributed by atoms with Gasteiger partial charge in [0.05, 0.1) is 5.88 Å². The summed E-state index contributed by atoms with van der Waals surface area (Å²) < 4.78 is 0. The topological polar surface area (TPSA) is 109 Å². The number of carbonyl (C=O) groups excluding carboxylic acids is 2. The molecular formula is C6H7ClO6. The molecule has 6 nitrogen and oxygen atoms in total. The first kappa shape index (κ1) is 14.1.